The van der Waals surface area contributed by atoms with Crippen LogP contribution in [0.5, 0.6) is 5.75 Å². The van der Waals surface area contributed by atoms with Gasteiger partial charge in [-0.1, -0.05) is 30.3 Å². The Morgan fingerprint density at radius 2 is 2.03 bits per heavy atom. The first kappa shape index (κ1) is 20.2. The fourth-order valence-electron chi connectivity index (χ4n) is 4.23. The standard InChI is InChI=1S/C25H24FN5O/c1-17-15-30(16-27-17)22-11-9-18(14-23(22)32-2)10-12-24-28-25-20(7-5-13-31(25)29-24)19-6-3-4-8-21(19)26/h3-4,6,8-12,14-16,20H,5,7,13H2,1-2H3/b12-10+. The molecule has 0 saturated heterocycles. The van der Waals surface area contributed by atoms with E-state index in [4.69, 9.17) is 9.72 Å². The Hall–Kier alpha value is -3.74. The average Bonchev–Trinajstić information content (AvgIpc) is 3.43. The Kier molecular flexibility index (Phi) is 5.31. The molecule has 3 heterocycles. The van der Waals surface area contributed by atoms with E-state index in [1.165, 1.54) is 6.07 Å². The Balaban J connectivity index is 1.42. The van der Waals surface area contributed by atoms with Crippen LogP contribution in [0.3, 0.4) is 0 Å². The molecule has 0 amide bonds. The van der Waals surface area contributed by atoms with Gasteiger partial charge in [0.05, 0.1) is 24.8 Å². The molecule has 1 atom stereocenters. The third kappa shape index (κ3) is 3.82. The molecule has 32 heavy (non-hydrogen) atoms. The first-order chi connectivity index (χ1) is 15.6. The molecule has 1 unspecified atom stereocenters. The molecular weight excluding hydrogens is 405 g/mol. The van der Waals surface area contributed by atoms with Crippen molar-refractivity contribution in [3.63, 3.8) is 0 Å². The van der Waals surface area contributed by atoms with Gasteiger partial charge in [-0.15, -0.1) is 0 Å². The van der Waals surface area contributed by atoms with E-state index in [1.54, 1.807) is 19.5 Å². The highest BCUT2D eigenvalue weighted by Gasteiger charge is 2.27. The van der Waals surface area contributed by atoms with E-state index in [-0.39, 0.29) is 11.7 Å². The molecule has 0 spiro atoms. The molecule has 1 aliphatic rings. The maximum absolute atomic E-state index is 14.4. The molecule has 0 radical (unpaired) electrons. The minimum Gasteiger partial charge on any atom is -0.495 e. The minimum atomic E-state index is -0.189. The lowest BCUT2D eigenvalue weighted by molar-refractivity contribution is 0.413. The smallest absolute Gasteiger partial charge is 0.174 e. The van der Waals surface area contributed by atoms with Gasteiger partial charge in [-0.25, -0.2) is 19.0 Å². The van der Waals surface area contributed by atoms with Gasteiger partial charge in [0.15, 0.2) is 5.82 Å². The molecule has 0 fully saturated rings. The second-order valence-corrected chi connectivity index (χ2v) is 7.95. The fourth-order valence-corrected chi connectivity index (χ4v) is 4.23. The maximum Gasteiger partial charge on any atom is 0.174 e. The number of nitrogens with zero attached hydrogens (tertiary/aromatic N) is 5. The number of halogens is 1. The summed E-state index contributed by atoms with van der Waals surface area (Å²) in [6.45, 7) is 2.75. The van der Waals surface area contributed by atoms with Crippen LogP contribution in [-0.2, 0) is 6.54 Å². The number of aromatic nitrogens is 5. The Labute approximate surface area is 186 Å². The third-order valence-corrected chi connectivity index (χ3v) is 5.79. The van der Waals surface area contributed by atoms with Crippen molar-refractivity contribution in [2.45, 2.75) is 32.2 Å². The molecule has 0 bridgehead atoms. The van der Waals surface area contributed by atoms with Gasteiger partial charge in [0.2, 0.25) is 0 Å². The summed E-state index contributed by atoms with van der Waals surface area (Å²) in [5.41, 5.74) is 3.53. The predicted molar refractivity (Wildman–Crippen MR) is 121 cm³/mol. The van der Waals surface area contributed by atoms with Crippen LogP contribution in [0, 0.1) is 12.7 Å². The second kappa shape index (κ2) is 8.42. The van der Waals surface area contributed by atoms with Crippen molar-refractivity contribution in [2.75, 3.05) is 7.11 Å². The number of fused-ring (bicyclic) bond motifs is 1. The number of aryl methyl sites for hydroxylation is 2. The van der Waals surface area contributed by atoms with Gasteiger partial charge in [-0.2, -0.15) is 5.10 Å². The third-order valence-electron chi connectivity index (χ3n) is 5.79. The molecule has 0 aliphatic carbocycles. The van der Waals surface area contributed by atoms with Crippen molar-refractivity contribution < 1.29 is 9.13 Å². The summed E-state index contributed by atoms with van der Waals surface area (Å²) in [4.78, 5) is 9.01. The molecule has 162 valence electrons. The molecule has 2 aromatic carbocycles. The van der Waals surface area contributed by atoms with Crippen molar-refractivity contribution in [1.29, 1.82) is 0 Å². The number of ether oxygens (including phenoxy) is 1. The van der Waals surface area contributed by atoms with Crippen LogP contribution in [0.2, 0.25) is 0 Å². The highest BCUT2D eigenvalue weighted by Crippen LogP contribution is 2.33. The van der Waals surface area contributed by atoms with E-state index in [9.17, 15) is 4.39 Å². The Morgan fingerprint density at radius 3 is 2.81 bits per heavy atom. The molecule has 7 heteroatoms. The molecule has 0 N–H and O–H groups in total. The van der Waals surface area contributed by atoms with E-state index in [2.05, 4.69) is 10.1 Å². The van der Waals surface area contributed by atoms with Crippen molar-refractivity contribution in [1.82, 2.24) is 24.3 Å². The van der Waals surface area contributed by atoms with Crippen LogP contribution in [0.25, 0.3) is 17.8 Å². The number of hydrogen-bond acceptors (Lipinski definition) is 4. The summed E-state index contributed by atoms with van der Waals surface area (Å²) in [7, 11) is 1.66. The maximum atomic E-state index is 14.4. The van der Waals surface area contributed by atoms with Crippen LogP contribution in [0.4, 0.5) is 4.39 Å². The summed E-state index contributed by atoms with van der Waals surface area (Å²) in [5, 5.41) is 4.63. The number of hydrogen-bond donors (Lipinski definition) is 0. The summed E-state index contributed by atoms with van der Waals surface area (Å²) in [6.07, 6.45) is 9.40. The zero-order chi connectivity index (χ0) is 22.1. The SMILES string of the molecule is COc1cc(/C=C/c2nc3n(n2)CCCC3c2ccccc2F)ccc1-n1cnc(C)c1. The lowest BCUT2D eigenvalue weighted by Gasteiger charge is -2.22. The Bertz CT molecular complexity index is 1290. The number of benzene rings is 2. The molecule has 2 aromatic heterocycles. The van der Waals surface area contributed by atoms with Gasteiger partial charge >= 0.3 is 0 Å². The zero-order valence-electron chi connectivity index (χ0n) is 18.1. The van der Waals surface area contributed by atoms with Crippen molar-refractivity contribution >= 4 is 12.2 Å². The van der Waals surface area contributed by atoms with Gasteiger partial charge in [0.1, 0.15) is 17.4 Å². The van der Waals surface area contributed by atoms with Crippen molar-refractivity contribution in [3.05, 3.63) is 89.3 Å². The lowest BCUT2D eigenvalue weighted by atomic mass is 9.91. The van der Waals surface area contributed by atoms with Crippen LogP contribution in [0.1, 0.15) is 47.2 Å². The molecule has 5 rings (SSSR count). The number of rotatable bonds is 5. The molecule has 1 aliphatic heterocycles. The fraction of sp³-hybridized carbons (Fsp3) is 0.240. The highest BCUT2D eigenvalue weighted by molar-refractivity contribution is 5.69. The number of methoxy groups -OCH3 is 1. The summed E-state index contributed by atoms with van der Waals surface area (Å²) in [6, 6.07) is 12.9. The van der Waals surface area contributed by atoms with Gasteiger partial charge in [-0.3, -0.25) is 0 Å². The molecule has 0 saturated carbocycles. The van der Waals surface area contributed by atoms with Gasteiger partial charge < -0.3 is 9.30 Å². The van der Waals surface area contributed by atoms with Crippen LogP contribution < -0.4 is 4.74 Å². The monoisotopic (exact) mass is 429 g/mol. The normalized spacial score (nSPS) is 15.8. The lowest BCUT2D eigenvalue weighted by Crippen LogP contribution is -2.18. The first-order valence-corrected chi connectivity index (χ1v) is 10.7. The quantitative estimate of drug-likeness (QED) is 0.447. The van der Waals surface area contributed by atoms with Crippen molar-refractivity contribution in [2.24, 2.45) is 0 Å². The largest absolute Gasteiger partial charge is 0.495 e. The summed E-state index contributed by atoms with van der Waals surface area (Å²) in [5.74, 6) is 1.94. The van der Waals surface area contributed by atoms with Gasteiger partial charge in [-0.05, 0) is 55.2 Å². The van der Waals surface area contributed by atoms with Crippen LogP contribution in [0.15, 0.2) is 55.0 Å². The summed E-state index contributed by atoms with van der Waals surface area (Å²) >= 11 is 0. The Morgan fingerprint density at radius 1 is 1.16 bits per heavy atom. The van der Waals surface area contributed by atoms with E-state index in [0.29, 0.717) is 11.4 Å². The molecule has 6 nitrogen and oxygen atoms in total. The van der Waals surface area contributed by atoms with Gasteiger partial charge in [0.25, 0.3) is 0 Å². The summed E-state index contributed by atoms with van der Waals surface area (Å²) < 4.78 is 23.8. The van der Waals surface area contributed by atoms with Crippen LogP contribution in [-0.4, -0.2) is 31.4 Å². The highest BCUT2D eigenvalue weighted by atomic mass is 19.1. The first-order valence-electron chi connectivity index (χ1n) is 10.7. The van der Waals surface area contributed by atoms with E-state index >= 15 is 0 Å². The number of imidazole rings is 1. The molecular formula is C25H24FN5O. The topological polar surface area (TPSA) is 57.8 Å². The molecule has 4 aromatic rings. The van der Waals surface area contributed by atoms with E-state index in [0.717, 1.165) is 47.9 Å². The van der Waals surface area contributed by atoms with E-state index < -0.39 is 0 Å². The second-order valence-electron chi connectivity index (χ2n) is 7.95. The predicted octanol–water partition coefficient (Wildman–Crippen LogP) is 5.02. The van der Waals surface area contributed by atoms with E-state index in [1.807, 2.05) is 64.9 Å². The van der Waals surface area contributed by atoms with Crippen molar-refractivity contribution in [3.8, 4) is 11.4 Å². The zero-order valence-corrected chi connectivity index (χ0v) is 18.1. The van der Waals surface area contributed by atoms with Crippen LogP contribution >= 0.6 is 0 Å². The minimum absolute atomic E-state index is 0.0717. The average molecular weight is 429 g/mol. The van der Waals surface area contributed by atoms with Gasteiger partial charge in [0, 0.05) is 18.7 Å².